The summed E-state index contributed by atoms with van der Waals surface area (Å²) in [5.74, 6) is -1.07. The van der Waals surface area contributed by atoms with Gasteiger partial charge < -0.3 is 10.0 Å². The molecule has 0 aliphatic heterocycles. The van der Waals surface area contributed by atoms with E-state index in [0.29, 0.717) is 24.4 Å². The van der Waals surface area contributed by atoms with E-state index in [0.717, 1.165) is 5.56 Å². The van der Waals surface area contributed by atoms with E-state index in [4.69, 9.17) is 11.6 Å². The Morgan fingerprint density at radius 3 is 2.38 bits per heavy atom. The molecule has 0 aromatic heterocycles. The van der Waals surface area contributed by atoms with Gasteiger partial charge in [0.1, 0.15) is 0 Å². The molecular weight excluding hydrogens is 290 g/mol. The smallest absolute Gasteiger partial charge is 0.310 e. The molecule has 1 amide bonds. The first-order chi connectivity index (χ1) is 9.84. The highest BCUT2D eigenvalue weighted by molar-refractivity contribution is 6.30. The highest BCUT2D eigenvalue weighted by atomic mass is 35.5. The summed E-state index contributed by atoms with van der Waals surface area (Å²) in [6, 6.07) is 7.29. The normalized spacial score (nSPS) is 11.2. The monoisotopic (exact) mass is 311 g/mol. The van der Waals surface area contributed by atoms with Crippen LogP contribution in [0.2, 0.25) is 5.02 Å². The van der Waals surface area contributed by atoms with Crippen LogP contribution in [-0.2, 0) is 16.1 Å². The molecule has 0 atom stereocenters. The standard InChI is InChI=1S/C16H22ClNO3/c1-4-16(5-2,15(20)21)10-14(19)18(3)11-12-7-6-8-13(17)9-12/h6-9H,4-5,10-11H2,1-3H3,(H,20,21). The number of benzene rings is 1. The van der Waals surface area contributed by atoms with Gasteiger partial charge in [-0.15, -0.1) is 0 Å². The molecule has 0 saturated carbocycles. The van der Waals surface area contributed by atoms with Crippen molar-refractivity contribution in [3.8, 4) is 0 Å². The van der Waals surface area contributed by atoms with E-state index < -0.39 is 11.4 Å². The molecule has 1 aromatic carbocycles. The number of carbonyl (C=O) groups is 2. The van der Waals surface area contributed by atoms with Crippen molar-refractivity contribution in [3.63, 3.8) is 0 Å². The Morgan fingerprint density at radius 1 is 1.29 bits per heavy atom. The van der Waals surface area contributed by atoms with Crippen molar-refractivity contribution in [2.45, 2.75) is 39.7 Å². The molecule has 0 aliphatic rings. The van der Waals surface area contributed by atoms with E-state index in [1.54, 1.807) is 24.1 Å². The van der Waals surface area contributed by atoms with E-state index in [2.05, 4.69) is 0 Å². The molecule has 116 valence electrons. The third-order valence-corrected chi connectivity index (χ3v) is 4.27. The summed E-state index contributed by atoms with van der Waals surface area (Å²) in [6.07, 6.45) is 0.900. The van der Waals surface area contributed by atoms with Crippen LogP contribution in [0.1, 0.15) is 38.7 Å². The van der Waals surface area contributed by atoms with Crippen molar-refractivity contribution < 1.29 is 14.7 Å². The fourth-order valence-electron chi connectivity index (χ4n) is 2.30. The molecule has 0 heterocycles. The minimum atomic E-state index is -0.973. The fraction of sp³-hybridized carbons (Fsp3) is 0.500. The minimum Gasteiger partial charge on any atom is -0.481 e. The molecule has 1 N–H and O–H groups in total. The summed E-state index contributed by atoms with van der Waals surface area (Å²) >= 11 is 5.92. The van der Waals surface area contributed by atoms with Crippen molar-refractivity contribution in [3.05, 3.63) is 34.9 Å². The molecule has 0 radical (unpaired) electrons. The van der Waals surface area contributed by atoms with Gasteiger partial charge in [0.05, 0.1) is 5.41 Å². The maximum atomic E-state index is 12.3. The third-order valence-electron chi connectivity index (χ3n) is 4.03. The number of halogens is 1. The Bertz CT molecular complexity index is 512. The fourth-order valence-corrected chi connectivity index (χ4v) is 2.51. The second-order valence-electron chi connectivity index (χ2n) is 5.35. The summed E-state index contributed by atoms with van der Waals surface area (Å²) in [4.78, 5) is 25.3. The second-order valence-corrected chi connectivity index (χ2v) is 5.79. The molecule has 0 bridgehead atoms. The van der Waals surface area contributed by atoms with Gasteiger partial charge in [-0.2, -0.15) is 0 Å². The first-order valence-electron chi connectivity index (χ1n) is 7.06. The highest BCUT2D eigenvalue weighted by Crippen LogP contribution is 2.31. The van der Waals surface area contributed by atoms with Crippen LogP contribution < -0.4 is 0 Å². The van der Waals surface area contributed by atoms with E-state index in [9.17, 15) is 14.7 Å². The minimum absolute atomic E-state index is 0.0202. The van der Waals surface area contributed by atoms with Crippen molar-refractivity contribution in [2.75, 3.05) is 7.05 Å². The largest absolute Gasteiger partial charge is 0.481 e. The average molecular weight is 312 g/mol. The lowest BCUT2D eigenvalue weighted by Crippen LogP contribution is -2.37. The van der Waals surface area contributed by atoms with Crippen LogP contribution in [0.15, 0.2) is 24.3 Å². The number of hydrogen-bond donors (Lipinski definition) is 1. The van der Waals surface area contributed by atoms with E-state index in [1.165, 1.54) is 0 Å². The van der Waals surface area contributed by atoms with E-state index >= 15 is 0 Å². The van der Waals surface area contributed by atoms with Crippen LogP contribution in [-0.4, -0.2) is 28.9 Å². The van der Waals surface area contributed by atoms with Crippen molar-refractivity contribution in [1.82, 2.24) is 4.90 Å². The molecular formula is C16H22ClNO3. The van der Waals surface area contributed by atoms with Crippen LogP contribution in [0.4, 0.5) is 0 Å². The molecule has 1 aromatic rings. The summed E-state index contributed by atoms with van der Waals surface area (Å²) in [5.41, 5.74) is -0.0491. The zero-order chi connectivity index (χ0) is 16.0. The molecule has 4 nitrogen and oxygen atoms in total. The average Bonchev–Trinajstić information content (AvgIpc) is 2.44. The lowest BCUT2D eigenvalue weighted by molar-refractivity contribution is -0.154. The number of carboxylic acid groups (broad SMARTS) is 1. The van der Waals surface area contributed by atoms with Crippen molar-refractivity contribution in [2.24, 2.45) is 5.41 Å². The molecule has 0 spiro atoms. The van der Waals surface area contributed by atoms with Gasteiger partial charge in [-0.05, 0) is 30.5 Å². The molecule has 5 heteroatoms. The van der Waals surface area contributed by atoms with Crippen LogP contribution >= 0.6 is 11.6 Å². The number of nitrogens with zero attached hydrogens (tertiary/aromatic N) is 1. The predicted octanol–water partition coefficient (Wildman–Crippen LogP) is 3.58. The number of rotatable bonds is 7. The zero-order valence-electron chi connectivity index (χ0n) is 12.7. The predicted molar refractivity (Wildman–Crippen MR) is 83.2 cm³/mol. The van der Waals surface area contributed by atoms with Gasteiger partial charge in [-0.1, -0.05) is 37.6 Å². The van der Waals surface area contributed by atoms with Crippen LogP contribution in [0, 0.1) is 5.41 Å². The quantitative estimate of drug-likeness (QED) is 0.837. The number of carbonyl (C=O) groups excluding carboxylic acids is 1. The Labute approximate surface area is 130 Å². The Hall–Kier alpha value is -1.55. The lowest BCUT2D eigenvalue weighted by atomic mass is 9.79. The van der Waals surface area contributed by atoms with E-state index in [1.807, 2.05) is 26.0 Å². The SMILES string of the molecule is CCC(CC)(CC(=O)N(C)Cc1cccc(Cl)c1)C(=O)O. The molecule has 0 saturated heterocycles. The van der Waals surface area contributed by atoms with E-state index in [-0.39, 0.29) is 12.3 Å². The Kier molecular flexibility index (Phi) is 6.21. The third kappa shape index (κ3) is 4.46. The van der Waals surface area contributed by atoms with Crippen LogP contribution in [0.25, 0.3) is 0 Å². The maximum Gasteiger partial charge on any atom is 0.310 e. The highest BCUT2D eigenvalue weighted by Gasteiger charge is 2.37. The van der Waals surface area contributed by atoms with Gasteiger partial charge in [0, 0.05) is 25.0 Å². The van der Waals surface area contributed by atoms with Gasteiger partial charge in [0.2, 0.25) is 5.91 Å². The number of carboxylic acids is 1. The first kappa shape index (κ1) is 17.5. The second kappa shape index (κ2) is 7.46. The van der Waals surface area contributed by atoms with Gasteiger partial charge in [0.15, 0.2) is 0 Å². The summed E-state index contributed by atoms with van der Waals surface area (Å²) in [5, 5.41) is 10.0. The van der Waals surface area contributed by atoms with Crippen molar-refractivity contribution in [1.29, 1.82) is 0 Å². The zero-order valence-corrected chi connectivity index (χ0v) is 13.5. The molecule has 21 heavy (non-hydrogen) atoms. The molecule has 0 aliphatic carbocycles. The van der Waals surface area contributed by atoms with Crippen molar-refractivity contribution >= 4 is 23.5 Å². The summed E-state index contributed by atoms with van der Waals surface area (Å²) in [6.45, 7) is 4.03. The first-order valence-corrected chi connectivity index (χ1v) is 7.44. The van der Waals surface area contributed by atoms with Gasteiger partial charge in [0.25, 0.3) is 0 Å². The molecule has 1 rings (SSSR count). The summed E-state index contributed by atoms with van der Waals surface area (Å²) < 4.78 is 0. The molecule has 0 unspecified atom stereocenters. The number of amides is 1. The number of aliphatic carboxylic acids is 1. The topological polar surface area (TPSA) is 57.6 Å². The Balaban J connectivity index is 2.76. The Morgan fingerprint density at radius 2 is 1.90 bits per heavy atom. The molecule has 0 fully saturated rings. The lowest BCUT2D eigenvalue weighted by Gasteiger charge is -2.28. The number of hydrogen-bond acceptors (Lipinski definition) is 2. The summed E-state index contributed by atoms with van der Waals surface area (Å²) in [7, 11) is 1.68. The van der Waals surface area contributed by atoms with Gasteiger partial charge in [-0.3, -0.25) is 9.59 Å². The van der Waals surface area contributed by atoms with Crippen LogP contribution in [0.3, 0.4) is 0 Å². The van der Waals surface area contributed by atoms with Gasteiger partial charge in [-0.25, -0.2) is 0 Å². The van der Waals surface area contributed by atoms with Crippen LogP contribution in [0.5, 0.6) is 0 Å². The maximum absolute atomic E-state index is 12.3. The van der Waals surface area contributed by atoms with Gasteiger partial charge >= 0.3 is 5.97 Å².